The molecular weight excluding hydrogens is 322 g/mol. The fourth-order valence-corrected chi connectivity index (χ4v) is 2.32. The van der Waals surface area contributed by atoms with Crippen molar-refractivity contribution in [3.8, 4) is 5.75 Å². The van der Waals surface area contributed by atoms with E-state index >= 15 is 0 Å². The number of rotatable bonds is 2. The number of ether oxygens (including phenoxy) is 1. The summed E-state index contributed by atoms with van der Waals surface area (Å²) in [7, 11) is 0. The van der Waals surface area contributed by atoms with Gasteiger partial charge < -0.3 is 10.1 Å². The predicted octanol–water partition coefficient (Wildman–Crippen LogP) is 4.84. The minimum Gasteiger partial charge on any atom is -0.430 e. The molecule has 98 valence electrons. The molecule has 2 aromatic carbocycles. The van der Waals surface area contributed by atoms with Gasteiger partial charge in [0.1, 0.15) is 5.75 Å². The normalized spacial score (nSPS) is 10.1. The van der Waals surface area contributed by atoms with Crippen molar-refractivity contribution in [2.45, 2.75) is 13.8 Å². The van der Waals surface area contributed by atoms with Crippen LogP contribution in [0, 0.1) is 13.8 Å². The Morgan fingerprint density at radius 1 is 1.05 bits per heavy atom. The molecule has 0 aliphatic heterocycles. The highest BCUT2D eigenvalue weighted by molar-refractivity contribution is 9.10. The van der Waals surface area contributed by atoms with Crippen LogP contribution in [0.4, 0.5) is 5.69 Å². The van der Waals surface area contributed by atoms with Crippen molar-refractivity contribution in [3.63, 3.8) is 0 Å². The van der Waals surface area contributed by atoms with Crippen LogP contribution in [0.3, 0.4) is 0 Å². The van der Waals surface area contributed by atoms with Crippen LogP contribution in [0.2, 0.25) is 0 Å². The Hall–Kier alpha value is -1.39. The summed E-state index contributed by atoms with van der Waals surface area (Å²) in [6.07, 6.45) is 0. The number of nitrogens with one attached hydrogen (secondary N) is 1. The van der Waals surface area contributed by atoms with Gasteiger partial charge in [-0.3, -0.25) is 0 Å². The van der Waals surface area contributed by atoms with Crippen molar-refractivity contribution in [2.24, 2.45) is 0 Å². The molecule has 0 aliphatic carbocycles. The first-order valence-corrected chi connectivity index (χ1v) is 7.07. The molecule has 0 bridgehead atoms. The Balaban J connectivity index is 2.12. The van der Waals surface area contributed by atoms with Crippen LogP contribution < -0.4 is 10.1 Å². The van der Waals surface area contributed by atoms with Crippen LogP contribution in [0.25, 0.3) is 0 Å². The second kappa shape index (κ2) is 6.17. The lowest BCUT2D eigenvalue weighted by molar-refractivity contribution is 0.559. The van der Waals surface area contributed by atoms with Crippen LogP contribution in [0.15, 0.2) is 46.9 Å². The Morgan fingerprint density at radius 2 is 1.68 bits per heavy atom. The molecule has 0 radical (unpaired) electrons. The van der Waals surface area contributed by atoms with Gasteiger partial charge in [-0.25, -0.2) is 0 Å². The van der Waals surface area contributed by atoms with Gasteiger partial charge >= 0.3 is 0 Å². The number of benzene rings is 2. The lowest BCUT2D eigenvalue weighted by Gasteiger charge is -2.14. The van der Waals surface area contributed by atoms with Gasteiger partial charge in [0.2, 0.25) is 0 Å². The third-order valence-electron chi connectivity index (χ3n) is 2.75. The molecule has 0 aromatic heterocycles. The van der Waals surface area contributed by atoms with E-state index in [1.807, 2.05) is 56.3 Å². The molecule has 0 unspecified atom stereocenters. The van der Waals surface area contributed by atoms with E-state index in [-0.39, 0.29) is 0 Å². The van der Waals surface area contributed by atoms with E-state index in [2.05, 4.69) is 21.2 Å². The largest absolute Gasteiger partial charge is 0.430 e. The van der Waals surface area contributed by atoms with E-state index in [0.717, 1.165) is 21.3 Å². The maximum absolute atomic E-state index is 5.63. The summed E-state index contributed by atoms with van der Waals surface area (Å²) in [5, 5.41) is 3.48. The summed E-state index contributed by atoms with van der Waals surface area (Å²) in [6, 6.07) is 13.7. The molecule has 0 aliphatic rings. The zero-order valence-electron chi connectivity index (χ0n) is 10.7. The lowest BCUT2D eigenvalue weighted by atomic mass is 10.1. The van der Waals surface area contributed by atoms with Crippen molar-refractivity contribution in [2.75, 3.05) is 5.32 Å². The number of thiocarbonyl (C=S) groups is 1. The monoisotopic (exact) mass is 335 g/mol. The molecule has 0 fully saturated rings. The first-order valence-electron chi connectivity index (χ1n) is 5.87. The van der Waals surface area contributed by atoms with E-state index in [1.165, 1.54) is 0 Å². The molecule has 2 aromatic rings. The molecule has 19 heavy (non-hydrogen) atoms. The van der Waals surface area contributed by atoms with Gasteiger partial charge in [0.25, 0.3) is 5.17 Å². The molecule has 0 saturated heterocycles. The molecule has 2 rings (SSSR count). The molecule has 0 heterocycles. The number of para-hydroxylation sites is 2. The van der Waals surface area contributed by atoms with E-state index in [4.69, 9.17) is 17.0 Å². The molecule has 0 saturated carbocycles. The first-order chi connectivity index (χ1) is 9.08. The molecule has 2 nitrogen and oxygen atoms in total. The van der Waals surface area contributed by atoms with Gasteiger partial charge in [-0.15, -0.1) is 0 Å². The SMILES string of the molecule is Cc1cccc(C)c1NC(=S)Oc1ccccc1Br. The van der Waals surface area contributed by atoms with Gasteiger partial charge in [0.05, 0.1) is 4.47 Å². The van der Waals surface area contributed by atoms with Gasteiger partial charge in [-0.05, 0) is 65.3 Å². The smallest absolute Gasteiger partial charge is 0.266 e. The second-order valence-electron chi connectivity index (χ2n) is 4.21. The van der Waals surface area contributed by atoms with Gasteiger partial charge in [0, 0.05) is 5.69 Å². The third-order valence-corrected chi connectivity index (χ3v) is 3.59. The Bertz CT molecular complexity index is 593. The highest BCUT2D eigenvalue weighted by Crippen LogP contribution is 2.25. The Morgan fingerprint density at radius 3 is 2.32 bits per heavy atom. The number of hydrogen-bond donors (Lipinski definition) is 1. The molecule has 0 amide bonds. The summed E-state index contributed by atoms with van der Waals surface area (Å²) >= 11 is 8.67. The maximum Gasteiger partial charge on any atom is 0.266 e. The van der Waals surface area contributed by atoms with Gasteiger partial charge in [-0.1, -0.05) is 30.3 Å². The minimum absolute atomic E-state index is 0.337. The van der Waals surface area contributed by atoms with Crippen LogP contribution in [0.1, 0.15) is 11.1 Å². The topological polar surface area (TPSA) is 21.3 Å². The predicted molar refractivity (Wildman–Crippen MR) is 86.9 cm³/mol. The van der Waals surface area contributed by atoms with Crippen LogP contribution in [0.5, 0.6) is 5.75 Å². The number of anilines is 1. The van der Waals surface area contributed by atoms with Crippen molar-refractivity contribution >= 4 is 39.0 Å². The van der Waals surface area contributed by atoms with Crippen molar-refractivity contribution in [3.05, 3.63) is 58.1 Å². The van der Waals surface area contributed by atoms with Crippen LogP contribution >= 0.6 is 28.1 Å². The minimum atomic E-state index is 0.337. The Kier molecular flexibility index (Phi) is 4.56. The van der Waals surface area contributed by atoms with E-state index in [1.54, 1.807) is 0 Å². The molecule has 0 atom stereocenters. The highest BCUT2D eigenvalue weighted by Gasteiger charge is 2.07. The quantitative estimate of drug-likeness (QED) is 0.793. The summed E-state index contributed by atoms with van der Waals surface area (Å²) in [5.41, 5.74) is 3.27. The third kappa shape index (κ3) is 3.55. The fraction of sp³-hybridized carbons (Fsp3) is 0.133. The fourth-order valence-electron chi connectivity index (χ4n) is 1.77. The Labute approximate surface area is 126 Å². The van der Waals surface area contributed by atoms with E-state index in [9.17, 15) is 0 Å². The standard InChI is InChI=1S/C15H14BrNOS/c1-10-6-5-7-11(2)14(10)17-15(19)18-13-9-4-3-8-12(13)16/h3-9H,1-2H3,(H,17,19). The van der Waals surface area contributed by atoms with E-state index in [0.29, 0.717) is 10.9 Å². The summed E-state index contributed by atoms with van der Waals surface area (Å²) in [5.74, 6) is 0.700. The molecular formula is C15H14BrNOS. The number of hydrogen-bond acceptors (Lipinski definition) is 2. The second-order valence-corrected chi connectivity index (χ2v) is 5.44. The summed E-state index contributed by atoms with van der Waals surface area (Å²) in [4.78, 5) is 0. The highest BCUT2D eigenvalue weighted by atomic mass is 79.9. The average Bonchev–Trinajstić information content (AvgIpc) is 2.37. The van der Waals surface area contributed by atoms with Crippen LogP contribution in [-0.2, 0) is 0 Å². The summed E-state index contributed by atoms with van der Waals surface area (Å²) < 4.78 is 6.51. The molecule has 1 N–H and O–H groups in total. The number of aryl methyl sites for hydroxylation is 2. The van der Waals surface area contributed by atoms with Crippen molar-refractivity contribution in [1.82, 2.24) is 0 Å². The summed E-state index contributed by atoms with van der Waals surface area (Å²) in [6.45, 7) is 4.08. The average molecular weight is 336 g/mol. The van der Waals surface area contributed by atoms with Gasteiger partial charge in [0.15, 0.2) is 0 Å². The van der Waals surface area contributed by atoms with E-state index < -0.39 is 0 Å². The number of halogens is 1. The maximum atomic E-state index is 5.63. The first kappa shape index (κ1) is 14.0. The molecule has 4 heteroatoms. The molecule has 0 spiro atoms. The zero-order chi connectivity index (χ0) is 13.8. The van der Waals surface area contributed by atoms with Crippen LogP contribution in [-0.4, -0.2) is 5.17 Å². The van der Waals surface area contributed by atoms with Crippen molar-refractivity contribution in [1.29, 1.82) is 0 Å². The van der Waals surface area contributed by atoms with Gasteiger partial charge in [-0.2, -0.15) is 0 Å². The zero-order valence-corrected chi connectivity index (χ0v) is 13.1. The lowest BCUT2D eigenvalue weighted by Crippen LogP contribution is -2.18. The van der Waals surface area contributed by atoms with Crippen molar-refractivity contribution < 1.29 is 4.74 Å².